The number of hydrogen-bond donors (Lipinski definition) is 1. The first kappa shape index (κ1) is 7.17. The van der Waals surface area contributed by atoms with Gasteiger partial charge < -0.3 is 5.32 Å². The van der Waals surface area contributed by atoms with Crippen molar-refractivity contribution in [3.63, 3.8) is 0 Å². The quantitative estimate of drug-likeness (QED) is 0.804. The van der Waals surface area contributed by atoms with Gasteiger partial charge in [0, 0.05) is 10.2 Å². The zero-order chi connectivity index (χ0) is 13.3. The molecule has 0 bridgehead atoms. The van der Waals surface area contributed by atoms with E-state index in [1.165, 1.54) is 6.92 Å². The van der Waals surface area contributed by atoms with Gasteiger partial charge in [0.1, 0.15) is 0 Å². The Morgan fingerprint density at radius 1 is 1.43 bits per heavy atom. The van der Waals surface area contributed by atoms with Crippen molar-refractivity contribution in [2.75, 3.05) is 6.98 Å². The van der Waals surface area contributed by atoms with Gasteiger partial charge in [-0.15, -0.1) is 5.10 Å². The van der Waals surface area contributed by atoms with E-state index in [1.54, 1.807) is 0 Å². The van der Waals surface area contributed by atoms with Gasteiger partial charge in [-0.1, -0.05) is 0 Å². The minimum absolute atomic E-state index is 0.133. The lowest BCUT2D eigenvalue weighted by Crippen LogP contribution is -2.16. The van der Waals surface area contributed by atoms with Crippen LogP contribution < -0.4 is 5.32 Å². The Labute approximate surface area is 83.6 Å². The highest BCUT2D eigenvalue weighted by Crippen LogP contribution is 2.27. The van der Waals surface area contributed by atoms with Gasteiger partial charge in [-0.25, -0.2) is 0 Å². The van der Waals surface area contributed by atoms with Crippen LogP contribution in [0.15, 0.2) is 12.1 Å². The van der Waals surface area contributed by atoms with Gasteiger partial charge in [-0.2, -0.15) is 18.3 Å². The van der Waals surface area contributed by atoms with Crippen LogP contribution in [-0.2, 0) is 6.18 Å². The molecule has 1 N–H and O–H groups in total. The van der Waals surface area contributed by atoms with Gasteiger partial charge >= 0.3 is 6.18 Å². The second-order valence-corrected chi connectivity index (χ2v) is 2.71. The molecule has 78 valence electrons. The summed E-state index contributed by atoms with van der Waals surface area (Å²) >= 11 is 0. The van der Waals surface area contributed by atoms with Crippen molar-refractivity contribution in [1.29, 1.82) is 0 Å². The third-order valence-electron chi connectivity index (χ3n) is 1.64. The predicted molar refractivity (Wildman–Crippen MR) is 44.5 cm³/mol. The SMILES string of the molecule is [2H]C([2H])([2H])NC(C)c1ccc(C(F)(F)F)nn1. The zero-order valence-corrected chi connectivity index (χ0v) is 7.26. The first-order chi connectivity index (χ1) is 7.59. The van der Waals surface area contributed by atoms with Crippen LogP contribution in [0.2, 0.25) is 0 Å². The molecule has 0 aliphatic rings. The summed E-state index contributed by atoms with van der Waals surface area (Å²) in [5.41, 5.74) is -0.976. The molecule has 6 heteroatoms. The molecular weight excluding hydrogens is 195 g/mol. The molecule has 0 aliphatic carbocycles. The number of nitrogens with zero attached hydrogens (tertiary/aromatic N) is 2. The molecule has 1 aromatic heterocycles. The minimum atomic E-state index is -4.55. The lowest BCUT2D eigenvalue weighted by Gasteiger charge is -2.09. The molecule has 1 atom stereocenters. The van der Waals surface area contributed by atoms with E-state index in [0.29, 0.717) is 0 Å². The predicted octanol–water partition coefficient (Wildman–Crippen LogP) is 1.78. The molecular formula is C8H10F3N3. The smallest absolute Gasteiger partial charge is 0.312 e. The van der Waals surface area contributed by atoms with Gasteiger partial charge in [0.25, 0.3) is 0 Å². The number of aromatic nitrogens is 2. The Bertz CT molecular complexity index is 374. The van der Waals surface area contributed by atoms with Crippen LogP contribution >= 0.6 is 0 Å². The van der Waals surface area contributed by atoms with Gasteiger partial charge in [-0.3, -0.25) is 0 Å². The minimum Gasteiger partial charge on any atom is -0.312 e. The Morgan fingerprint density at radius 3 is 2.57 bits per heavy atom. The maximum absolute atomic E-state index is 12.2. The molecule has 0 fully saturated rings. The van der Waals surface area contributed by atoms with Crippen molar-refractivity contribution < 1.29 is 17.3 Å². The second kappa shape index (κ2) is 3.91. The highest BCUT2D eigenvalue weighted by Gasteiger charge is 2.32. The molecule has 1 aromatic rings. The van der Waals surface area contributed by atoms with Crippen LogP contribution in [0.25, 0.3) is 0 Å². The van der Waals surface area contributed by atoms with Crippen molar-refractivity contribution in [3.05, 3.63) is 23.5 Å². The summed E-state index contributed by atoms with van der Waals surface area (Å²) in [7, 11) is 0. The Hall–Kier alpha value is -1.17. The first-order valence-electron chi connectivity index (χ1n) is 5.28. The van der Waals surface area contributed by atoms with Crippen LogP contribution in [0.4, 0.5) is 13.2 Å². The molecule has 3 nitrogen and oxygen atoms in total. The molecule has 1 heterocycles. The van der Waals surface area contributed by atoms with Crippen LogP contribution in [0.3, 0.4) is 0 Å². The standard InChI is InChI=1S/C8H10F3N3/c1-5(12-2)6-3-4-7(14-13-6)8(9,10)11/h3-5,12H,1-2H3/i2D3. The third kappa shape index (κ3) is 2.41. The van der Waals surface area contributed by atoms with Gasteiger partial charge in [-0.05, 0) is 26.0 Å². The van der Waals surface area contributed by atoms with E-state index in [4.69, 9.17) is 4.11 Å². The summed E-state index contributed by atoms with van der Waals surface area (Å²) in [5, 5.41) is 8.56. The molecule has 0 saturated heterocycles. The van der Waals surface area contributed by atoms with Crippen LogP contribution in [0.5, 0.6) is 0 Å². The topological polar surface area (TPSA) is 37.8 Å². The highest BCUT2D eigenvalue weighted by molar-refractivity contribution is 5.11. The Balaban J connectivity index is 2.81. The van der Waals surface area contributed by atoms with E-state index in [2.05, 4.69) is 15.5 Å². The zero-order valence-electron chi connectivity index (χ0n) is 10.3. The van der Waals surface area contributed by atoms with Crippen molar-refractivity contribution in [3.8, 4) is 0 Å². The van der Waals surface area contributed by atoms with E-state index < -0.39 is 24.9 Å². The summed E-state index contributed by atoms with van der Waals surface area (Å²) < 4.78 is 57.4. The largest absolute Gasteiger partial charge is 0.435 e. The molecule has 1 rings (SSSR count). The van der Waals surface area contributed by atoms with E-state index in [0.717, 1.165) is 12.1 Å². The van der Waals surface area contributed by atoms with Gasteiger partial charge in [0.2, 0.25) is 0 Å². The number of nitrogens with one attached hydrogen (secondary N) is 1. The number of rotatable bonds is 2. The molecule has 0 spiro atoms. The van der Waals surface area contributed by atoms with Crippen LogP contribution in [0, 0.1) is 0 Å². The monoisotopic (exact) mass is 208 g/mol. The fraction of sp³-hybridized carbons (Fsp3) is 0.500. The number of hydrogen-bond acceptors (Lipinski definition) is 3. The fourth-order valence-corrected chi connectivity index (χ4v) is 0.799. The summed E-state index contributed by atoms with van der Waals surface area (Å²) in [6.45, 7) is -0.909. The summed E-state index contributed by atoms with van der Waals surface area (Å²) in [4.78, 5) is 0. The van der Waals surface area contributed by atoms with Crippen molar-refractivity contribution >= 4 is 0 Å². The molecule has 0 aromatic carbocycles. The summed E-state index contributed by atoms with van der Waals surface area (Å²) in [6.07, 6.45) is -4.55. The van der Waals surface area contributed by atoms with Crippen molar-refractivity contribution in [2.24, 2.45) is 0 Å². The summed E-state index contributed by atoms with van der Waals surface area (Å²) in [6, 6.07) is 1.15. The van der Waals surface area contributed by atoms with Gasteiger partial charge in [0.05, 0.1) is 5.69 Å². The Morgan fingerprint density at radius 2 is 2.14 bits per heavy atom. The van der Waals surface area contributed by atoms with Crippen LogP contribution in [-0.4, -0.2) is 17.2 Å². The van der Waals surface area contributed by atoms with Crippen LogP contribution in [0.1, 0.15) is 28.5 Å². The lowest BCUT2D eigenvalue weighted by molar-refractivity contribution is -0.141. The molecule has 0 radical (unpaired) electrons. The van der Waals surface area contributed by atoms with E-state index in [9.17, 15) is 13.2 Å². The maximum atomic E-state index is 12.2. The summed E-state index contributed by atoms with van der Waals surface area (Å²) in [5.74, 6) is 0. The second-order valence-electron chi connectivity index (χ2n) is 2.71. The van der Waals surface area contributed by atoms with Gasteiger partial charge in [0.15, 0.2) is 5.69 Å². The molecule has 0 saturated carbocycles. The normalized spacial score (nSPS) is 18.1. The highest BCUT2D eigenvalue weighted by atomic mass is 19.4. The molecule has 14 heavy (non-hydrogen) atoms. The third-order valence-corrected chi connectivity index (χ3v) is 1.64. The number of halogens is 3. The van der Waals surface area contributed by atoms with E-state index in [-0.39, 0.29) is 5.69 Å². The Kier molecular flexibility index (Phi) is 2.00. The molecule has 1 unspecified atom stereocenters. The average molecular weight is 208 g/mol. The van der Waals surface area contributed by atoms with E-state index >= 15 is 0 Å². The maximum Gasteiger partial charge on any atom is 0.435 e. The first-order valence-corrected chi connectivity index (χ1v) is 3.78. The van der Waals surface area contributed by atoms with Crippen molar-refractivity contribution in [1.82, 2.24) is 15.5 Å². The number of alkyl halides is 3. The molecule has 0 aliphatic heterocycles. The van der Waals surface area contributed by atoms with E-state index in [1.807, 2.05) is 0 Å². The fourth-order valence-electron chi connectivity index (χ4n) is 0.799. The average Bonchev–Trinajstić information content (AvgIpc) is 2.14. The van der Waals surface area contributed by atoms with Crippen molar-refractivity contribution in [2.45, 2.75) is 19.1 Å². The lowest BCUT2D eigenvalue weighted by atomic mass is 10.2. The molecule has 0 amide bonds.